The molecule has 1 fully saturated rings. The van der Waals surface area contributed by atoms with E-state index in [4.69, 9.17) is 4.74 Å². The molecule has 0 aromatic carbocycles. The van der Waals surface area contributed by atoms with Gasteiger partial charge in [-0.3, -0.25) is 9.78 Å². The number of esters is 1. The summed E-state index contributed by atoms with van der Waals surface area (Å²) in [5, 5.41) is 2.75. The number of hydrogen-bond acceptors (Lipinski definition) is 4. The summed E-state index contributed by atoms with van der Waals surface area (Å²) >= 11 is 0. The van der Waals surface area contributed by atoms with Crippen LogP contribution < -0.4 is 5.32 Å². The summed E-state index contributed by atoms with van der Waals surface area (Å²) in [6.45, 7) is 6.32. The minimum absolute atomic E-state index is 0.312. The lowest BCUT2D eigenvalue weighted by Gasteiger charge is -2.36. The fourth-order valence-corrected chi connectivity index (χ4v) is 2.24. The van der Waals surface area contributed by atoms with E-state index in [1.807, 2.05) is 26.8 Å². The van der Waals surface area contributed by atoms with Crippen molar-refractivity contribution in [2.45, 2.75) is 39.7 Å². The Labute approximate surface area is 118 Å². The van der Waals surface area contributed by atoms with Crippen molar-refractivity contribution in [3.8, 4) is 0 Å². The van der Waals surface area contributed by atoms with Crippen molar-refractivity contribution in [1.82, 2.24) is 10.3 Å². The molecule has 2 rings (SSSR count). The molecule has 1 unspecified atom stereocenters. The number of hydrogen-bond donors (Lipinski definition) is 1. The summed E-state index contributed by atoms with van der Waals surface area (Å²) in [4.78, 5) is 28.1. The van der Waals surface area contributed by atoms with E-state index in [9.17, 15) is 9.59 Å². The van der Waals surface area contributed by atoms with Gasteiger partial charge in [-0.2, -0.15) is 0 Å². The Morgan fingerprint density at radius 1 is 1.55 bits per heavy atom. The largest absolute Gasteiger partial charge is 0.464 e. The Hall–Kier alpha value is -1.91. The second kappa shape index (κ2) is 5.61. The maximum absolute atomic E-state index is 12.2. The first-order valence-corrected chi connectivity index (χ1v) is 6.86. The van der Waals surface area contributed by atoms with Crippen LogP contribution in [0.25, 0.3) is 0 Å². The topological polar surface area (TPSA) is 68.3 Å². The number of nitrogens with one attached hydrogen (secondary N) is 1. The van der Waals surface area contributed by atoms with E-state index in [0.717, 1.165) is 18.4 Å². The predicted molar refractivity (Wildman–Crippen MR) is 74.2 cm³/mol. The number of carbonyl (C=O) groups is 2. The molecule has 108 valence electrons. The van der Waals surface area contributed by atoms with E-state index in [1.54, 1.807) is 12.3 Å². The highest BCUT2D eigenvalue weighted by molar-refractivity contribution is 5.95. The molecule has 1 amide bonds. The van der Waals surface area contributed by atoms with Gasteiger partial charge in [0.1, 0.15) is 11.7 Å². The molecular formula is C15H20N2O3. The zero-order chi connectivity index (χ0) is 14.8. The maximum atomic E-state index is 12.2. The van der Waals surface area contributed by atoms with Gasteiger partial charge < -0.3 is 10.1 Å². The summed E-state index contributed by atoms with van der Waals surface area (Å²) < 4.78 is 5.03. The van der Waals surface area contributed by atoms with Gasteiger partial charge in [0.2, 0.25) is 0 Å². The first-order chi connectivity index (χ1) is 9.44. The van der Waals surface area contributed by atoms with E-state index in [2.05, 4.69) is 10.3 Å². The molecule has 0 aliphatic carbocycles. The number of pyridine rings is 1. The van der Waals surface area contributed by atoms with Gasteiger partial charge in [0.25, 0.3) is 5.91 Å². The molecule has 5 heteroatoms. The van der Waals surface area contributed by atoms with Crippen LogP contribution >= 0.6 is 0 Å². The molecule has 0 radical (unpaired) electrons. The summed E-state index contributed by atoms with van der Waals surface area (Å²) in [7, 11) is 0. The standard InChI is InChI=1S/C15H20N2O3/c1-4-10-5-7-16-11(9-10)13(18)17-12-14(19)20-8-6-15(12,2)3/h5,7,9,12H,4,6,8H2,1-3H3,(H,17,18). The van der Waals surface area contributed by atoms with Crippen LogP contribution in [0.1, 0.15) is 43.2 Å². The molecule has 1 aromatic rings. The van der Waals surface area contributed by atoms with Crippen LogP contribution in [-0.2, 0) is 16.0 Å². The van der Waals surface area contributed by atoms with Gasteiger partial charge in [0, 0.05) is 6.20 Å². The lowest BCUT2D eigenvalue weighted by Crippen LogP contribution is -2.54. The van der Waals surface area contributed by atoms with Crippen LogP contribution in [0, 0.1) is 5.41 Å². The van der Waals surface area contributed by atoms with E-state index in [1.165, 1.54) is 0 Å². The summed E-state index contributed by atoms with van der Waals surface area (Å²) in [5.74, 6) is -0.710. The Morgan fingerprint density at radius 2 is 2.30 bits per heavy atom. The van der Waals surface area contributed by atoms with Crippen LogP contribution in [0.3, 0.4) is 0 Å². The highest BCUT2D eigenvalue weighted by Gasteiger charge is 2.41. The van der Waals surface area contributed by atoms with Gasteiger partial charge in [-0.25, -0.2) is 4.79 Å². The third-order valence-electron chi connectivity index (χ3n) is 3.75. The highest BCUT2D eigenvalue weighted by Crippen LogP contribution is 2.30. The quantitative estimate of drug-likeness (QED) is 0.853. The van der Waals surface area contributed by atoms with E-state index in [0.29, 0.717) is 12.3 Å². The van der Waals surface area contributed by atoms with Gasteiger partial charge in [0.15, 0.2) is 0 Å². The van der Waals surface area contributed by atoms with Crippen molar-refractivity contribution in [2.75, 3.05) is 6.61 Å². The second-order valence-corrected chi connectivity index (χ2v) is 5.72. The van der Waals surface area contributed by atoms with Crippen LogP contribution in [0.4, 0.5) is 0 Å². The number of nitrogens with zero attached hydrogens (tertiary/aromatic N) is 1. The van der Waals surface area contributed by atoms with Crippen molar-refractivity contribution in [3.05, 3.63) is 29.6 Å². The Kier molecular flexibility index (Phi) is 4.06. The highest BCUT2D eigenvalue weighted by atomic mass is 16.5. The zero-order valence-electron chi connectivity index (χ0n) is 12.1. The number of rotatable bonds is 3. The lowest BCUT2D eigenvalue weighted by molar-refractivity contribution is -0.156. The second-order valence-electron chi connectivity index (χ2n) is 5.72. The molecular weight excluding hydrogens is 256 g/mol. The third kappa shape index (κ3) is 2.98. The van der Waals surface area contributed by atoms with Crippen molar-refractivity contribution in [3.63, 3.8) is 0 Å². The molecule has 0 bridgehead atoms. The number of ether oxygens (including phenoxy) is 1. The molecule has 0 spiro atoms. The normalized spacial score (nSPS) is 21.1. The Bertz CT molecular complexity index is 526. The summed E-state index contributed by atoms with van der Waals surface area (Å²) in [5.41, 5.74) is 1.06. The average molecular weight is 276 g/mol. The van der Waals surface area contributed by atoms with Crippen molar-refractivity contribution >= 4 is 11.9 Å². The molecule has 1 saturated heterocycles. The number of cyclic esters (lactones) is 1. The van der Waals surface area contributed by atoms with Gasteiger partial charge in [0.05, 0.1) is 6.61 Å². The fraction of sp³-hybridized carbons (Fsp3) is 0.533. The fourth-order valence-electron chi connectivity index (χ4n) is 2.24. The van der Waals surface area contributed by atoms with Gasteiger partial charge in [-0.05, 0) is 36.0 Å². The minimum Gasteiger partial charge on any atom is -0.464 e. The first kappa shape index (κ1) is 14.5. The molecule has 5 nitrogen and oxygen atoms in total. The lowest BCUT2D eigenvalue weighted by atomic mass is 9.80. The van der Waals surface area contributed by atoms with Gasteiger partial charge in [-0.15, -0.1) is 0 Å². The molecule has 1 atom stereocenters. The monoisotopic (exact) mass is 276 g/mol. The number of aromatic nitrogens is 1. The number of amides is 1. The van der Waals surface area contributed by atoms with Gasteiger partial charge in [-0.1, -0.05) is 20.8 Å². The van der Waals surface area contributed by atoms with Crippen LogP contribution in [0.15, 0.2) is 18.3 Å². The summed E-state index contributed by atoms with van der Waals surface area (Å²) in [6.07, 6.45) is 3.17. The van der Waals surface area contributed by atoms with Crippen molar-refractivity contribution in [1.29, 1.82) is 0 Å². The molecule has 1 aliphatic heterocycles. The van der Waals surface area contributed by atoms with E-state index in [-0.39, 0.29) is 17.3 Å². The smallest absolute Gasteiger partial charge is 0.329 e. The molecule has 1 aromatic heterocycles. The zero-order valence-corrected chi connectivity index (χ0v) is 12.1. The average Bonchev–Trinajstić information content (AvgIpc) is 2.42. The number of aryl methyl sites for hydroxylation is 1. The van der Waals surface area contributed by atoms with E-state index < -0.39 is 6.04 Å². The first-order valence-electron chi connectivity index (χ1n) is 6.86. The Morgan fingerprint density at radius 3 is 2.95 bits per heavy atom. The van der Waals surface area contributed by atoms with Crippen LogP contribution in [-0.4, -0.2) is 29.5 Å². The predicted octanol–water partition coefficient (Wildman–Crippen LogP) is 1.72. The van der Waals surface area contributed by atoms with Crippen molar-refractivity contribution < 1.29 is 14.3 Å². The third-order valence-corrected chi connectivity index (χ3v) is 3.75. The Balaban J connectivity index is 2.15. The van der Waals surface area contributed by atoms with Gasteiger partial charge >= 0.3 is 5.97 Å². The maximum Gasteiger partial charge on any atom is 0.329 e. The van der Waals surface area contributed by atoms with Crippen LogP contribution in [0.2, 0.25) is 0 Å². The minimum atomic E-state index is -0.629. The SMILES string of the molecule is CCc1ccnc(C(=O)NC2C(=O)OCCC2(C)C)c1. The number of carbonyl (C=O) groups excluding carboxylic acids is 2. The molecule has 20 heavy (non-hydrogen) atoms. The molecule has 1 aliphatic rings. The van der Waals surface area contributed by atoms with Crippen molar-refractivity contribution in [2.24, 2.45) is 5.41 Å². The summed E-state index contributed by atoms with van der Waals surface area (Å²) in [6, 6.07) is 2.99. The van der Waals surface area contributed by atoms with E-state index >= 15 is 0 Å². The molecule has 0 saturated carbocycles. The molecule has 2 heterocycles. The molecule has 1 N–H and O–H groups in total. The van der Waals surface area contributed by atoms with Crippen LogP contribution in [0.5, 0.6) is 0 Å².